The summed E-state index contributed by atoms with van der Waals surface area (Å²) in [5.74, 6) is 0.573. The van der Waals surface area contributed by atoms with Crippen LogP contribution in [0, 0.1) is 29.6 Å². The van der Waals surface area contributed by atoms with Gasteiger partial charge in [0.05, 0.1) is 11.5 Å². The summed E-state index contributed by atoms with van der Waals surface area (Å²) in [4.78, 5) is 0. The van der Waals surface area contributed by atoms with Crippen molar-refractivity contribution < 1.29 is 0 Å². The first-order valence-corrected chi connectivity index (χ1v) is 9.29. The highest BCUT2D eigenvalue weighted by molar-refractivity contribution is 5.68. The maximum atomic E-state index is 9.12. The number of hydrogen-bond donors (Lipinski definition) is 0. The second-order valence-electron chi connectivity index (χ2n) is 7.23. The van der Waals surface area contributed by atoms with Crippen molar-refractivity contribution in [3.63, 3.8) is 0 Å². The van der Waals surface area contributed by atoms with Gasteiger partial charge in [-0.1, -0.05) is 68.3 Å². The van der Waals surface area contributed by atoms with Gasteiger partial charge >= 0.3 is 0 Å². The van der Waals surface area contributed by atoms with Gasteiger partial charge in [0.15, 0.2) is 0 Å². The number of rotatable bonds is 5. The van der Waals surface area contributed by atoms with E-state index in [2.05, 4.69) is 56.3 Å². The Bertz CT molecular complexity index is 608. The van der Waals surface area contributed by atoms with Crippen LogP contribution in [0.3, 0.4) is 0 Å². The number of benzene rings is 1. The van der Waals surface area contributed by atoms with Gasteiger partial charge in [-0.05, 0) is 63.5 Å². The lowest BCUT2D eigenvalue weighted by Gasteiger charge is -2.23. The maximum absolute atomic E-state index is 9.12. The van der Waals surface area contributed by atoms with Gasteiger partial charge in [-0.25, -0.2) is 0 Å². The molecule has 1 unspecified atom stereocenters. The molecule has 1 nitrogen and oxygen atoms in total. The summed E-state index contributed by atoms with van der Waals surface area (Å²) in [7, 11) is 0. The summed E-state index contributed by atoms with van der Waals surface area (Å²) in [5.41, 5.74) is 5.43. The third-order valence-corrected chi connectivity index (χ3v) is 4.74. The molecule has 0 amide bonds. The first-order chi connectivity index (χ1) is 11.4. The minimum Gasteiger partial charge on any atom is -0.198 e. The van der Waals surface area contributed by atoms with Gasteiger partial charge in [-0.2, -0.15) is 5.26 Å². The molecule has 1 atom stereocenters. The van der Waals surface area contributed by atoms with Crippen molar-refractivity contribution in [3.8, 4) is 6.07 Å². The summed E-state index contributed by atoms with van der Waals surface area (Å²) in [6, 6.07) is 11.2. The molecule has 0 fully saturated rings. The van der Waals surface area contributed by atoms with Gasteiger partial charge in [-0.15, -0.1) is 0 Å². The highest BCUT2D eigenvalue weighted by Crippen LogP contribution is 2.33. The van der Waals surface area contributed by atoms with Crippen LogP contribution in [0.1, 0.15) is 71.4 Å². The summed E-state index contributed by atoms with van der Waals surface area (Å²) in [5, 5.41) is 9.12. The molecule has 0 bridgehead atoms. The third kappa shape index (κ3) is 6.00. The zero-order valence-corrected chi connectivity index (χ0v) is 16.3. The van der Waals surface area contributed by atoms with Crippen LogP contribution in [0.2, 0.25) is 0 Å². The molecule has 0 aliphatic heterocycles. The van der Waals surface area contributed by atoms with Crippen LogP contribution >= 0.6 is 0 Å². The van der Waals surface area contributed by atoms with Crippen molar-refractivity contribution >= 4 is 5.57 Å². The number of allylic oxidation sites excluding steroid dienone is 4. The summed E-state index contributed by atoms with van der Waals surface area (Å²) in [6.45, 7) is 12.5. The quantitative estimate of drug-likeness (QED) is 0.567. The van der Waals surface area contributed by atoms with Gasteiger partial charge in [0, 0.05) is 0 Å². The van der Waals surface area contributed by atoms with Crippen LogP contribution in [0.4, 0.5) is 0 Å². The predicted molar refractivity (Wildman–Crippen MR) is 106 cm³/mol. The molecule has 0 heterocycles. The van der Waals surface area contributed by atoms with Gasteiger partial charge in [0.2, 0.25) is 0 Å². The monoisotopic (exact) mass is 323 g/mol. The molecule has 0 aromatic heterocycles. The highest BCUT2D eigenvalue weighted by Gasteiger charge is 2.20. The molecule has 0 saturated heterocycles. The van der Waals surface area contributed by atoms with Gasteiger partial charge in [-0.3, -0.25) is 0 Å². The first kappa shape index (κ1) is 20.2. The molecule has 130 valence electrons. The molecule has 2 rings (SSSR count). The molecule has 1 aromatic rings. The molecule has 24 heavy (non-hydrogen) atoms. The summed E-state index contributed by atoms with van der Waals surface area (Å²) < 4.78 is 0. The minimum atomic E-state index is -0.202. The van der Waals surface area contributed by atoms with E-state index in [0.29, 0.717) is 5.92 Å². The Morgan fingerprint density at radius 2 is 1.71 bits per heavy atom. The average Bonchev–Trinajstić information content (AvgIpc) is 2.62. The molecule has 1 heteroatoms. The maximum Gasteiger partial charge on any atom is 0.0683 e. The molecule has 1 aliphatic carbocycles. The number of aryl methyl sites for hydroxylation is 1. The zero-order valence-electron chi connectivity index (χ0n) is 16.3. The number of nitrogens with zero attached hydrogens (tertiary/aromatic N) is 1. The molecule has 0 radical (unpaired) electrons. The van der Waals surface area contributed by atoms with E-state index < -0.39 is 0 Å². The van der Waals surface area contributed by atoms with Crippen molar-refractivity contribution in [2.75, 3.05) is 0 Å². The summed E-state index contributed by atoms with van der Waals surface area (Å²) in [6.07, 6.45) is 8.93. The number of nitriles is 1. The fourth-order valence-corrected chi connectivity index (χ4v) is 2.89. The van der Waals surface area contributed by atoms with Crippen LogP contribution in [0.25, 0.3) is 5.57 Å². The first-order valence-electron chi connectivity index (χ1n) is 9.29. The zero-order chi connectivity index (χ0) is 18.2. The van der Waals surface area contributed by atoms with Crippen LogP contribution < -0.4 is 0 Å². The van der Waals surface area contributed by atoms with E-state index in [1.165, 1.54) is 22.3 Å². The Hall–Kier alpha value is -1.81. The lowest BCUT2D eigenvalue weighted by Crippen LogP contribution is -2.11. The largest absolute Gasteiger partial charge is 0.198 e. The predicted octanol–water partition coefficient (Wildman–Crippen LogP) is 7.09. The highest BCUT2D eigenvalue weighted by atomic mass is 14.3. The molecule has 1 aliphatic rings. The Kier molecular flexibility index (Phi) is 7.99. The smallest absolute Gasteiger partial charge is 0.0683 e. The van der Waals surface area contributed by atoms with Crippen molar-refractivity contribution in [2.24, 2.45) is 11.3 Å². The topological polar surface area (TPSA) is 23.8 Å². The van der Waals surface area contributed by atoms with Crippen molar-refractivity contribution in [1.82, 2.24) is 0 Å². The van der Waals surface area contributed by atoms with Crippen molar-refractivity contribution in [1.29, 1.82) is 5.26 Å². The van der Waals surface area contributed by atoms with E-state index in [0.717, 1.165) is 25.7 Å². The van der Waals surface area contributed by atoms with E-state index in [1.54, 1.807) is 0 Å². The Morgan fingerprint density at radius 3 is 2.21 bits per heavy atom. The minimum absolute atomic E-state index is 0.202. The van der Waals surface area contributed by atoms with E-state index in [1.807, 2.05) is 27.7 Å². The lowest BCUT2D eigenvalue weighted by molar-refractivity contribution is 0.398. The third-order valence-electron chi connectivity index (χ3n) is 4.74. The van der Waals surface area contributed by atoms with E-state index in [-0.39, 0.29) is 5.41 Å². The van der Waals surface area contributed by atoms with Gasteiger partial charge in [0.1, 0.15) is 0 Å². The normalized spacial score (nSPS) is 15.4. The van der Waals surface area contributed by atoms with Crippen molar-refractivity contribution in [2.45, 2.75) is 67.2 Å². The lowest BCUT2D eigenvalue weighted by atomic mass is 9.81. The SMILES string of the molecule is CC.Cc1ccc(C2=CC=C(C(C)CCC(C)(C)C#N)CC2)cc1. The van der Waals surface area contributed by atoms with Gasteiger partial charge < -0.3 is 0 Å². The standard InChI is InChI=1S/C21H27N.C2H6/c1-16-5-7-19(8-6-16)20-11-9-18(10-12-20)17(2)13-14-21(3,4)15-22;1-2/h5-9,11,17H,10,12-14H2,1-4H3;1-2H3. The Balaban J connectivity index is 0.00000139. The van der Waals surface area contributed by atoms with E-state index in [4.69, 9.17) is 5.26 Å². The molecule has 1 aromatic carbocycles. The fourth-order valence-electron chi connectivity index (χ4n) is 2.89. The molecular weight excluding hydrogens is 290 g/mol. The van der Waals surface area contributed by atoms with Gasteiger partial charge in [0.25, 0.3) is 0 Å². The molecule has 0 N–H and O–H groups in total. The average molecular weight is 324 g/mol. The van der Waals surface area contributed by atoms with Crippen LogP contribution in [-0.4, -0.2) is 0 Å². The van der Waals surface area contributed by atoms with Crippen molar-refractivity contribution in [3.05, 3.63) is 53.1 Å². The number of hydrogen-bond acceptors (Lipinski definition) is 1. The van der Waals surface area contributed by atoms with Crippen LogP contribution in [-0.2, 0) is 0 Å². The molecule has 0 spiro atoms. The molecule has 0 saturated carbocycles. The Morgan fingerprint density at radius 1 is 1.08 bits per heavy atom. The van der Waals surface area contributed by atoms with E-state index in [9.17, 15) is 0 Å². The fraction of sp³-hybridized carbons (Fsp3) is 0.522. The summed E-state index contributed by atoms with van der Waals surface area (Å²) >= 11 is 0. The van der Waals surface area contributed by atoms with Crippen LogP contribution in [0.5, 0.6) is 0 Å². The second kappa shape index (κ2) is 9.48. The van der Waals surface area contributed by atoms with Crippen LogP contribution in [0.15, 0.2) is 42.0 Å². The Labute approximate surface area is 149 Å². The second-order valence-corrected chi connectivity index (χ2v) is 7.23. The van der Waals surface area contributed by atoms with E-state index >= 15 is 0 Å². The molecular formula is C23H33N.